The normalized spacial score (nSPS) is 19.4. The molecule has 2 amide bonds. The predicted octanol–water partition coefficient (Wildman–Crippen LogP) is -2.94. The number of thiazole rings is 1. The number of nitrogens with one attached hydrogen (secondary N) is 1. The number of hydrogen-bond acceptors (Lipinski definition) is 12. The zero-order valence-corrected chi connectivity index (χ0v) is 23.2. The number of thioether (sulfide) groups is 2. The third kappa shape index (κ3) is 6.01. The van der Waals surface area contributed by atoms with Gasteiger partial charge in [0.2, 0.25) is 0 Å². The summed E-state index contributed by atoms with van der Waals surface area (Å²) in [5, 5.41) is 20.3. The number of rotatable bonds is 9. The molecule has 15 heteroatoms. The summed E-state index contributed by atoms with van der Waals surface area (Å²) in [5.74, 6) is -1.63. The molecule has 2 aromatic heterocycles. The number of hydrogen-bond donors (Lipinski definition) is 2. The van der Waals surface area contributed by atoms with E-state index in [0.717, 1.165) is 16.4 Å². The first-order valence-electron chi connectivity index (χ1n) is 9.96. The fraction of sp³-hybridized carbons (Fsp3) is 0.300. The van der Waals surface area contributed by atoms with E-state index < -0.39 is 29.2 Å². The van der Waals surface area contributed by atoms with Gasteiger partial charge in [-0.05, 0) is 24.1 Å². The van der Waals surface area contributed by atoms with E-state index in [2.05, 4.69) is 20.4 Å². The van der Waals surface area contributed by atoms with Gasteiger partial charge in [-0.25, -0.2) is 9.97 Å². The number of oxime groups is 1. The fourth-order valence-corrected chi connectivity index (χ4v) is 6.28. The Morgan fingerprint density at radius 3 is 2.86 bits per heavy atom. The largest absolute Gasteiger partial charge is 1.00 e. The molecule has 0 radical (unpaired) electrons. The number of nitrogen functional groups attached to an aromatic ring is 1. The first-order chi connectivity index (χ1) is 16.4. The van der Waals surface area contributed by atoms with E-state index in [1.807, 2.05) is 18.2 Å². The van der Waals surface area contributed by atoms with E-state index in [4.69, 9.17) is 10.6 Å². The number of β-lactam (4-membered cyclic amide) rings is 1. The van der Waals surface area contributed by atoms with Crippen LogP contribution in [0, 0.1) is 0 Å². The molecule has 2 aliphatic heterocycles. The molecule has 0 unspecified atom stereocenters. The van der Waals surface area contributed by atoms with Crippen LogP contribution in [0.15, 0.2) is 51.2 Å². The third-order valence-corrected chi connectivity index (χ3v) is 7.94. The molecule has 1 fully saturated rings. The number of pyridine rings is 1. The Balaban J connectivity index is 0.00000342. The Labute approximate surface area is 235 Å². The molecule has 35 heavy (non-hydrogen) atoms. The maximum atomic E-state index is 12.9. The number of carbonyl (C=O) groups is 3. The van der Waals surface area contributed by atoms with Crippen molar-refractivity contribution in [3.63, 3.8) is 0 Å². The maximum absolute atomic E-state index is 12.9. The Hall–Kier alpha value is -2.10. The predicted molar refractivity (Wildman–Crippen MR) is 127 cm³/mol. The van der Waals surface area contributed by atoms with Gasteiger partial charge in [0.05, 0.1) is 16.7 Å². The quantitative estimate of drug-likeness (QED) is 0.110. The molecule has 2 aliphatic rings. The molecule has 0 aromatic carbocycles. The summed E-state index contributed by atoms with van der Waals surface area (Å²) in [6.07, 6.45) is 2.15. The number of carboxylic acids is 1. The maximum Gasteiger partial charge on any atom is 1.00 e. The van der Waals surface area contributed by atoms with Crippen molar-refractivity contribution in [3.8, 4) is 0 Å². The van der Waals surface area contributed by atoms with Crippen molar-refractivity contribution >= 4 is 63.5 Å². The molecular weight excluding hydrogens is 523 g/mol. The van der Waals surface area contributed by atoms with E-state index in [1.54, 1.807) is 11.6 Å². The van der Waals surface area contributed by atoms with E-state index in [0.29, 0.717) is 23.5 Å². The summed E-state index contributed by atoms with van der Waals surface area (Å²) in [7, 11) is 1.28. The second kappa shape index (κ2) is 12.2. The van der Waals surface area contributed by atoms with Gasteiger partial charge in [-0.2, -0.15) is 0 Å². The van der Waals surface area contributed by atoms with E-state index in [9.17, 15) is 19.5 Å². The van der Waals surface area contributed by atoms with E-state index >= 15 is 0 Å². The van der Waals surface area contributed by atoms with Crippen molar-refractivity contribution in [2.45, 2.75) is 22.9 Å². The Morgan fingerprint density at radius 1 is 1.43 bits per heavy atom. The molecule has 0 aliphatic carbocycles. The summed E-state index contributed by atoms with van der Waals surface area (Å²) in [6.45, 7) is 0. The molecule has 4 heterocycles. The Morgan fingerprint density at radius 2 is 2.23 bits per heavy atom. The first kappa shape index (κ1) is 27.5. The second-order valence-corrected chi connectivity index (χ2v) is 10.2. The van der Waals surface area contributed by atoms with Gasteiger partial charge in [-0.15, -0.1) is 34.9 Å². The van der Waals surface area contributed by atoms with Crippen molar-refractivity contribution in [2.75, 3.05) is 24.3 Å². The van der Waals surface area contributed by atoms with Crippen molar-refractivity contribution in [2.24, 2.45) is 5.16 Å². The summed E-state index contributed by atoms with van der Waals surface area (Å²) in [4.78, 5) is 51.7. The number of fused-ring (bicyclic) bond motifs is 1. The van der Waals surface area contributed by atoms with Crippen molar-refractivity contribution in [1.82, 2.24) is 20.2 Å². The second-order valence-electron chi connectivity index (χ2n) is 7.06. The standard InChI is InChI=1S/C20H20N6O5S3.Na/c1-31-25-13(11-9-34-20(21)23-11)16(27)24-14-17(28)26-15(19(29)30)10(8-33-18(14)26)5-7-32-12-4-2-3-6-22-12;/h2-4,6,9,14,18H,5,7-8H2,1H3,(H2,21,23)(H,24,27)(H,29,30);/q;+1/p-1/b25-13-;/t14-,18-;/m1./s1. The number of nitrogens with two attached hydrogens (primary N) is 1. The summed E-state index contributed by atoms with van der Waals surface area (Å²) in [5.41, 5.74) is 6.20. The smallest absolute Gasteiger partial charge is 0.543 e. The molecule has 2 atom stereocenters. The van der Waals surface area contributed by atoms with E-state index in [-0.39, 0.29) is 51.8 Å². The molecular formula is C20H19N6NaO5S3. The Kier molecular flexibility index (Phi) is 9.61. The van der Waals surface area contributed by atoms with Crippen LogP contribution in [-0.4, -0.2) is 68.4 Å². The minimum atomic E-state index is -1.42. The van der Waals surface area contributed by atoms with Gasteiger partial charge in [-0.3, -0.25) is 14.5 Å². The number of carbonyl (C=O) groups excluding carboxylic acids is 3. The fourth-order valence-electron chi connectivity index (χ4n) is 3.48. The summed E-state index contributed by atoms with van der Waals surface area (Å²) >= 11 is 4.01. The van der Waals surface area contributed by atoms with Crippen LogP contribution in [0.5, 0.6) is 0 Å². The Bertz CT molecular complexity index is 1180. The minimum Gasteiger partial charge on any atom is -0.543 e. The van der Waals surface area contributed by atoms with E-state index in [1.165, 1.54) is 35.5 Å². The number of amides is 2. The molecule has 0 saturated carbocycles. The van der Waals surface area contributed by atoms with Crippen molar-refractivity contribution in [3.05, 3.63) is 46.7 Å². The molecule has 0 bridgehead atoms. The first-order valence-corrected chi connectivity index (χ1v) is 12.9. The van der Waals surface area contributed by atoms with Crippen LogP contribution in [0.3, 0.4) is 0 Å². The van der Waals surface area contributed by atoms with Crippen LogP contribution in [0.25, 0.3) is 0 Å². The zero-order valence-electron chi connectivity index (χ0n) is 18.8. The van der Waals surface area contributed by atoms with Gasteiger partial charge in [-0.1, -0.05) is 11.2 Å². The average Bonchev–Trinajstić information content (AvgIpc) is 3.26. The molecule has 11 nitrogen and oxygen atoms in total. The number of carboxylic acid groups (broad SMARTS) is 1. The van der Waals surface area contributed by atoms with Gasteiger partial charge >= 0.3 is 29.6 Å². The van der Waals surface area contributed by atoms with Crippen LogP contribution < -0.4 is 45.7 Å². The van der Waals surface area contributed by atoms with Crippen molar-refractivity contribution in [1.29, 1.82) is 0 Å². The van der Waals surface area contributed by atoms with Crippen LogP contribution in [-0.2, 0) is 19.2 Å². The topological polar surface area (TPSA) is 163 Å². The molecule has 4 rings (SSSR count). The zero-order chi connectivity index (χ0) is 24.2. The van der Waals surface area contributed by atoms with Crippen LogP contribution in [0.4, 0.5) is 5.13 Å². The number of anilines is 1. The minimum absolute atomic E-state index is 0. The molecule has 3 N–H and O–H groups in total. The van der Waals surface area contributed by atoms with Crippen molar-refractivity contribution < 1.29 is 53.9 Å². The molecule has 1 saturated heterocycles. The van der Waals surface area contributed by atoms with Gasteiger partial charge in [0.1, 0.15) is 24.2 Å². The number of aromatic nitrogens is 2. The molecule has 2 aromatic rings. The summed E-state index contributed by atoms with van der Waals surface area (Å²) in [6, 6.07) is 4.65. The van der Waals surface area contributed by atoms with Gasteiger partial charge in [0.25, 0.3) is 11.8 Å². The number of nitrogens with zero attached hydrogens (tertiary/aromatic N) is 4. The van der Waals surface area contributed by atoms with Gasteiger partial charge in [0, 0.05) is 23.1 Å². The third-order valence-electron chi connectivity index (χ3n) is 4.98. The average molecular weight is 543 g/mol. The van der Waals surface area contributed by atoms with Crippen LogP contribution >= 0.6 is 34.9 Å². The number of aliphatic carboxylic acids is 1. The van der Waals surface area contributed by atoms with Gasteiger partial charge < -0.3 is 25.8 Å². The SMILES string of the molecule is CO/N=C(\C(=O)N[C@@H]1C(=O)N2C(C(=O)[O-])=C(CCSc3ccccn3)CS[C@H]12)c1csc(N)n1.[Na+]. The van der Waals surface area contributed by atoms with Gasteiger partial charge in [0.15, 0.2) is 10.8 Å². The molecule has 0 spiro atoms. The monoisotopic (exact) mass is 542 g/mol. The van der Waals surface area contributed by atoms with Crippen LogP contribution in [0.2, 0.25) is 0 Å². The van der Waals surface area contributed by atoms with Crippen LogP contribution in [0.1, 0.15) is 12.1 Å². The molecule has 178 valence electrons. The summed E-state index contributed by atoms with van der Waals surface area (Å²) < 4.78 is 0.